The van der Waals surface area contributed by atoms with Crippen LogP contribution in [0.25, 0.3) is 16.0 Å². The van der Waals surface area contributed by atoms with Gasteiger partial charge in [0.25, 0.3) is 0 Å². The Morgan fingerprint density at radius 1 is 1.15 bits per heavy atom. The number of hydrogen-bond donors (Lipinski definition) is 1. The highest BCUT2D eigenvalue weighted by atomic mass is 16.4. The van der Waals surface area contributed by atoms with Gasteiger partial charge in [0, 0.05) is 17.8 Å². The molecule has 0 aliphatic rings. The summed E-state index contributed by atoms with van der Waals surface area (Å²) in [6.45, 7) is 11.2. The number of aromatic nitrogens is 1. The van der Waals surface area contributed by atoms with Crippen LogP contribution in [0.15, 0.2) is 48.5 Å². The van der Waals surface area contributed by atoms with Gasteiger partial charge in [-0.25, -0.2) is 9.64 Å². The van der Waals surface area contributed by atoms with Gasteiger partial charge in [-0.3, -0.25) is 0 Å². The third-order valence-corrected chi connectivity index (χ3v) is 4.68. The fraction of sp³-hybridized carbons (Fsp3) is 0.136. The number of nitrogens with zero attached hydrogens (tertiary/aromatic N) is 3. The summed E-state index contributed by atoms with van der Waals surface area (Å²) in [5.74, 6) is -0.978. The van der Waals surface area contributed by atoms with E-state index in [2.05, 4.69) is 10.9 Å². The molecule has 0 bridgehead atoms. The molecule has 0 aliphatic carbocycles. The first-order valence-corrected chi connectivity index (χ1v) is 8.36. The second-order valence-corrected chi connectivity index (χ2v) is 6.29. The first kappa shape index (κ1) is 18.0. The lowest BCUT2D eigenvalue weighted by Crippen LogP contribution is -2.11. The zero-order valence-corrected chi connectivity index (χ0v) is 15.0. The summed E-state index contributed by atoms with van der Waals surface area (Å²) >= 11 is 0. The van der Waals surface area contributed by atoms with Gasteiger partial charge in [0.05, 0.1) is 18.2 Å². The van der Waals surface area contributed by atoms with Gasteiger partial charge in [0.15, 0.2) is 5.69 Å². The lowest BCUT2D eigenvalue weighted by Gasteiger charge is -2.10. The molecule has 27 heavy (non-hydrogen) atoms. The van der Waals surface area contributed by atoms with Crippen molar-refractivity contribution in [2.45, 2.75) is 20.4 Å². The van der Waals surface area contributed by atoms with E-state index < -0.39 is 5.97 Å². The summed E-state index contributed by atoms with van der Waals surface area (Å²) < 4.78 is 1.79. The maximum atomic E-state index is 11.9. The smallest absolute Gasteiger partial charge is 0.352 e. The number of carboxylic acid groups (broad SMARTS) is 1. The molecule has 0 aliphatic heterocycles. The van der Waals surface area contributed by atoms with Crippen molar-refractivity contribution in [1.82, 2.24) is 4.57 Å². The third kappa shape index (κ3) is 3.31. The van der Waals surface area contributed by atoms with Crippen molar-refractivity contribution >= 4 is 11.7 Å². The minimum atomic E-state index is -0.978. The fourth-order valence-corrected chi connectivity index (χ4v) is 3.36. The normalized spacial score (nSPS) is 10.2. The molecule has 0 saturated carbocycles. The predicted molar refractivity (Wildman–Crippen MR) is 103 cm³/mol. The SMILES string of the molecule is [C-]#[N+]c1ccc(-c2c(C)c(C(=O)O)n(Cc3ccc(C#N)cc3)c2C)cc1. The van der Waals surface area contributed by atoms with Crippen LogP contribution >= 0.6 is 0 Å². The number of hydrogen-bond acceptors (Lipinski definition) is 2. The zero-order chi connectivity index (χ0) is 19.6. The summed E-state index contributed by atoms with van der Waals surface area (Å²) in [5, 5.41) is 18.7. The molecule has 0 atom stereocenters. The minimum absolute atomic E-state index is 0.251. The number of aromatic carboxylic acids is 1. The number of nitriles is 1. The van der Waals surface area contributed by atoms with E-state index in [1.165, 1.54) is 0 Å². The van der Waals surface area contributed by atoms with E-state index >= 15 is 0 Å². The average Bonchev–Trinajstić information content (AvgIpc) is 2.92. The molecule has 5 nitrogen and oxygen atoms in total. The highest BCUT2D eigenvalue weighted by Gasteiger charge is 2.23. The Labute approximate surface area is 157 Å². The van der Waals surface area contributed by atoms with Crippen molar-refractivity contribution in [2.75, 3.05) is 0 Å². The van der Waals surface area contributed by atoms with Crippen LogP contribution in [0.3, 0.4) is 0 Å². The summed E-state index contributed by atoms with van der Waals surface area (Å²) in [5.41, 5.74) is 5.60. The highest BCUT2D eigenvalue weighted by Crippen LogP contribution is 2.33. The van der Waals surface area contributed by atoms with Crippen LogP contribution < -0.4 is 0 Å². The van der Waals surface area contributed by atoms with Crippen molar-refractivity contribution in [2.24, 2.45) is 0 Å². The van der Waals surface area contributed by atoms with Crippen molar-refractivity contribution in [3.8, 4) is 17.2 Å². The molecule has 132 valence electrons. The molecule has 0 unspecified atom stereocenters. The van der Waals surface area contributed by atoms with E-state index in [-0.39, 0.29) is 5.69 Å². The third-order valence-electron chi connectivity index (χ3n) is 4.68. The summed E-state index contributed by atoms with van der Waals surface area (Å²) in [4.78, 5) is 15.3. The first-order valence-electron chi connectivity index (χ1n) is 8.36. The molecule has 3 rings (SSSR count). The van der Waals surface area contributed by atoms with E-state index in [4.69, 9.17) is 11.8 Å². The Morgan fingerprint density at radius 2 is 1.78 bits per heavy atom. The number of carbonyl (C=O) groups is 1. The molecule has 5 heteroatoms. The second kappa shape index (κ2) is 7.19. The lowest BCUT2D eigenvalue weighted by molar-refractivity contribution is 0.0684. The maximum Gasteiger partial charge on any atom is 0.352 e. The predicted octanol–water partition coefficient (Wildman–Crippen LogP) is 4.94. The molecular formula is C22H17N3O2. The van der Waals surface area contributed by atoms with Crippen LogP contribution in [0.2, 0.25) is 0 Å². The van der Waals surface area contributed by atoms with Gasteiger partial charge in [0.1, 0.15) is 5.69 Å². The van der Waals surface area contributed by atoms with Gasteiger partial charge in [-0.1, -0.05) is 36.4 Å². The number of benzene rings is 2. The Balaban J connectivity index is 2.11. The Morgan fingerprint density at radius 3 is 2.30 bits per heavy atom. The van der Waals surface area contributed by atoms with E-state index in [1.807, 2.05) is 38.1 Å². The summed E-state index contributed by atoms with van der Waals surface area (Å²) in [6, 6.07) is 16.4. The second-order valence-electron chi connectivity index (χ2n) is 6.29. The summed E-state index contributed by atoms with van der Waals surface area (Å²) in [7, 11) is 0. The molecule has 0 spiro atoms. The Bertz CT molecular complexity index is 1090. The van der Waals surface area contributed by atoms with Gasteiger partial charge in [-0.2, -0.15) is 5.26 Å². The van der Waals surface area contributed by atoms with Crippen molar-refractivity contribution in [3.63, 3.8) is 0 Å². The Kier molecular flexibility index (Phi) is 4.79. The number of carboxylic acids is 1. The van der Waals surface area contributed by atoms with Gasteiger partial charge in [0.2, 0.25) is 0 Å². The molecule has 3 aromatic rings. The minimum Gasteiger partial charge on any atom is -0.477 e. The Hall–Kier alpha value is -3.83. The van der Waals surface area contributed by atoms with Gasteiger partial charge >= 0.3 is 5.97 Å². The fourth-order valence-electron chi connectivity index (χ4n) is 3.36. The molecule has 2 aromatic carbocycles. The van der Waals surface area contributed by atoms with E-state index in [0.29, 0.717) is 23.4 Å². The van der Waals surface area contributed by atoms with Gasteiger partial charge < -0.3 is 9.67 Å². The van der Waals surface area contributed by atoms with Crippen molar-refractivity contribution in [3.05, 3.63) is 88.0 Å². The lowest BCUT2D eigenvalue weighted by atomic mass is 10.0. The van der Waals surface area contributed by atoms with Gasteiger partial charge in [-0.05, 0) is 42.7 Å². The van der Waals surface area contributed by atoms with Crippen molar-refractivity contribution < 1.29 is 9.90 Å². The monoisotopic (exact) mass is 355 g/mol. The molecule has 1 heterocycles. The molecule has 1 N–H and O–H groups in total. The van der Waals surface area contributed by atoms with Crippen LogP contribution in [0.4, 0.5) is 5.69 Å². The quantitative estimate of drug-likeness (QED) is 0.674. The van der Waals surface area contributed by atoms with Crippen molar-refractivity contribution in [1.29, 1.82) is 5.26 Å². The van der Waals surface area contributed by atoms with E-state index in [1.54, 1.807) is 28.8 Å². The first-order chi connectivity index (χ1) is 13.0. The summed E-state index contributed by atoms with van der Waals surface area (Å²) in [6.07, 6.45) is 0. The van der Waals surface area contributed by atoms with Gasteiger partial charge in [-0.15, -0.1) is 0 Å². The average molecular weight is 355 g/mol. The molecular weight excluding hydrogens is 338 g/mol. The number of rotatable bonds is 4. The molecule has 1 aromatic heterocycles. The maximum absolute atomic E-state index is 11.9. The van der Waals surface area contributed by atoms with Crippen LogP contribution in [0, 0.1) is 31.8 Å². The molecule has 0 saturated heterocycles. The van der Waals surface area contributed by atoms with E-state index in [9.17, 15) is 9.90 Å². The zero-order valence-electron chi connectivity index (χ0n) is 15.0. The standard InChI is InChI=1S/C22H17N3O2/c1-14-20(18-8-10-19(24-3)11-9-18)15(2)25(21(14)22(26)27)13-17-6-4-16(12-23)5-7-17/h4-11H,13H2,1-2H3,(H,26,27). The van der Waals surface area contributed by atoms with Crippen LogP contribution in [0.5, 0.6) is 0 Å². The van der Waals surface area contributed by atoms with Crippen LogP contribution in [-0.4, -0.2) is 15.6 Å². The highest BCUT2D eigenvalue weighted by molar-refractivity contribution is 5.92. The largest absolute Gasteiger partial charge is 0.477 e. The molecule has 0 fully saturated rings. The van der Waals surface area contributed by atoms with Crippen LogP contribution in [0.1, 0.15) is 32.9 Å². The van der Waals surface area contributed by atoms with E-state index in [0.717, 1.165) is 22.4 Å². The molecule has 0 radical (unpaired) electrons. The topological polar surface area (TPSA) is 70.4 Å². The molecule has 0 amide bonds. The van der Waals surface area contributed by atoms with Crippen LogP contribution in [-0.2, 0) is 6.54 Å².